The highest BCUT2D eigenvalue weighted by molar-refractivity contribution is 5.64. The Hall–Kier alpha value is -1.87. The van der Waals surface area contributed by atoms with Crippen LogP contribution in [0.25, 0.3) is 11.3 Å². The predicted molar refractivity (Wildman–Crippen MR) is 112 cm³/mol. The van der Waals surface area contributed by atoms with Gasteiger partial charge in [0.15, 0.2) is 0 Å². The summed E-state index contributed by atoms with van der Waals surface area (Å²) in [6.07, 6.45) is 0. The zero-order valence-corrected chi connectivity index (χ0v) is 17.2. The summed E-state index contributed by atoms with van der Waals surface area (Å²) in [6.45, 7) is 17.8. The first-order valence-electron chi connectivity index (χ1n) is 9.74. The van der Waals surface area contributed by atoms with E-state index in [-0.39, 0.29) is 10.8 Å². The number of hydrogen-bond acceptors (Lipinski definition) is 3. The van der Waals surface area contributed by atoms with Crippen molar-refractivity contribution in [3.8, 4) is 11.3 Å². The summed E-state index contributed by atoms with van der Waals surface area (Å²) in [6, 6.07) is 13.4. The van der Waals surface area contributed by atoms with Gasteiger partial charge in [0.25, 0.3) is 0 Å². The Kier molecular flexibility index (Phi) is 5.12. The number of hydrogen-bond donors (Lipinski definition) is 1. The van der Waals surface area contributed by atoms with E-state index in [0.29, 0.717) is 0 Å². The van der Waals surface area contributed by atoms with Crippen LogP contribution in [0.2, 0.25) is 0 Å². The van der Waals surface area contributed by atoms with Gasteiger partial charge in [0.05, 0.1) is 5.69 Å². The number of rotatable bonds is 2. The molecule has 1 aliphatic rings. The van der Waals surface area contributed by atoms with Gasteiger partial charge in [-0.25, -0.2) is 4.98 Å². The van der Waals surface area contributed by atoms with Crippen LogP contribution in [0.3, 0.4) is 0 Å². The molecular weight excluding hydrogens is 318 g/mol. The SMILES string of the molecule is CC(C)(C)c1cc(-c2cccc(N3CCNCC3)n2)cc(C(C)(C)C)c1. The molecule has 0 aliphatic carbocycles. The molecular formula is C23H33N3. The van der Waals surface area contributed by atoms with Gasteiger partial charge in [-0.1, -0.05) is 53.7 Å². The van der Waals surface area contributed by atoms with Gasteiger partial charge in [0, 0.05) is 31.7 Å². The van der Waals surface area contributed by atoms with Crippen LogP contribution in [0.1, 0.15) is 52.7 Å². The Balaban J connectivity index is 2.05. The summed E-state index contributed by atoms with van der Waals surface area (Å²) in [5.41, 5.74) is 5.26. The lowest BCUT2D eigenvalue weighted by Crippen LogP contribution is -2.43. The zero-order chi connectivity index (χ0) is 18.9. The van der Waals surface area contributed by atoms with E-state index in [2.05, 4.69) is 88.2 Å². The van der Waals surface area contributed by atoms with Crippen LogP contribution in [0.4, 0.5) is 5.82 Å². The lowest BCUT2D eigenvalue weighted by atomic mass is 9.79. The second-order valence-electron chi connectivity index (χ2n) is 9.42. The van der Waals surface area contributed by atoms with E-state index in [0.717, 1.165) is 37.7 Å². The van der Waals surface area contributed by atoms with Crippen LogP contribution in [0.5, 0.6) is 0 Å². The number of nitrogens with one attached hydrogen (secondary N) is 1. The average Bonchev–Trinajstić information content (AvgIpc) is 2.61. The van der Waals surface area contributed by atoms with Crippen LogP contribution >= 0.6 is 0 Å². The third kappa shape index (κ3) is 4.27. The summed E-state index contributed by atoms with van der Waals surface area (Å²) in [4.78, 5) is 7.38. The van der Waals surface area contributed by atoms with Crippen LogP contribution in [-0.2, 0) is 10.8 Å². The van der Waals surface area contributed by atoms with E-state index in [4.69, 9.17) is 4.98 Å². The molecule has 3 heteroatoms. The van der Waals surface area contributed by atoms with E-state index in [1.54, 1.807) is 0 Å². The molecule has 1 saturated heterocycles. The minimum Gasteiger partial charge on any atom is -0.354 e. The molecule has 26 heavy (non-hydrogen) atoms. The third-order valence-corrected chi connectivity index (χ3v) is 5.14. The highest BCUT2D eigenvalue weighted by Gasteiger charge is 2.21. The Morgan fingerprint density at radius 2 is 1.42 bits per heavy atom. The lowest BCUT2D eigenvalue weighted by Gasteiger charge is -2.29. The summed E-state index contributed by atoms with van der Waals surface area (Å²) >= 11 is 0. The van der Waals surface area contributed by atoms with E-state index < -0.39 is 0 Å². The predicted octanol–water partition coefficient (Wildman–Crippen LogP) is 4.75. The summed E-state index contributed by atoms with van der Waals surface area (Å²) in [5, 5.41) is 3.41. The fourth-order valence-electron chi connectivity index (χ4n) is 3.30. The number of anilines is 1. The molecule has 3 rings (SSSR count). The molecule has 0 bridgehead atoms. The van der Waals surface area contributed by atoms with E-state index in [9.17, 15) is 0 Å². The maximum atomic E-state index is 5.01. The van der Waals surface area contributed by atoms with Crippen molar-refractivity contribution < 1.29 is 0 Å². The van der Waals surface area contributed by atoms with Gasteiger partial charge in [0.1, 0.15) is 5.82 Å². The van der Waals surface area contributed by atoms with Crippen LogP contribution in [0.15, 0.2) is 36.4 Å². The van der Waals surface area contributed by atoms with Crippen LogP contribution < -0.4 is 10.2 Å². The molecule has 1 fully saturated rings. The molecule has 1 aromatic carbocycles. The van der Waals surface area contributed by atoms with Gasteiger partial charge in [-0.2, -0.15) is 0 Å². The first-order chi connectivity index (χ1) is 12.1. The maximum absolute atomic E-state index is 5.01. The molecule has 0 radical (unpaired) electrons. The summed E-state index contributed by atoms with van der Waals surface area (Å²) in [7, 11) is 0. The topological polar surface area (TPSA) is 28.2 Å². The van der Waals surface area contributed by atoms with Crippen molar-refractivity contribution in [2.24, 2.45) is 0 Å². The van der Waals surface area contributed by atoms with Crippen molar-refractivity contribution in [1.29, 1.82) is 0 Å². The smallest absolute Gasteiger partial charge is 0.129 e. The maximum Gasteiger partial charge on any atom is 0.129 e. The molecule has 0 saturated carbocycles. The van der Waals surface area contributed by atoms with Crippen LogP contribution in [-0.4, -0.2) is 31.2 Å². The number of piperazine rings is 1. The molecule has 1 N–H and O–H groups in total. The molecule has 0 atom stereocenters. The van der Waals surface area contributed by atoms with E-state index in [1.165, 1.54) is 16.7 Å². The largest absolute Gasteiger partial charge is 0.354 e. The Morgan fingerprint density at radius 1 is 0.846 bits per heavy atom. The third-order valence-electron chi connectivity index (χ3n) is 5.14. The lowest BCUT2D eigenvalue weighted by molar-refractivity contribution is 0.569. The minimum absolute atomic E-state index is 0.117. The van der Waals surface area contributed by atoms with Gasteiger partial charge >= 0.3 is 0 Å². The quantitative estimate of drug-likeness (QED) is 0.846. The van der Waals surface area contributed by atoms with Crippen molar-refractivity contribution >= 4 is 5.82 Å². The standard InChI is InChI=1S/C23H33N3/c1-22(2,3)18-14-17(15-19(16-18)23(4,5)6)20-8-7-9-21(25-20)26-12-10-24-11-13-26/h7-9,14-16,24H,10-13H2,1-6H3. The van der Waals surface area contributed by atoms with Crippen LogP contribution in [0, 0.1) is 0 Å². The van der Waals surface area contributed by atoms with Gasteiger partial charge in [-0.05, 0) is 46.2 Å². The summed E-state index contributed by atoms with van der Waals surface area (Å²) < 4.78 is 0. The summed E-state index contributed by atoms with van der Waals surface area (Å²) in [5.74, 6) is 1.09. The molecule has 140 valence electrons. The van der Waals surface area contributed by atoms with Crippen molar-refractivity contribution in [3.05, 3.63) is 47.5 Å². The molecule has 1 aromatic heterocycles. The average molecular weight is 352 g/mol. The van der Waals surface area contributed by atoms with Crippen molar-refractivity contribution in [2.75, 3.05) is 31.1 Å². The number of nitrogens with zero attached hydrogens (tertiary/aromatic N) is 2. The monoisotopic (exact) mass is 351 g/mol. The van der Waals surface area contributed by atoms with Crippen molar-refractivity contribution in [1.82, 2.24) is 10.3 Å². The molecule has 3 nitrogen and oxygen atoms in total. The minimum atomic E-state index is 0.117. The zero-order valence-electron chi connectivity index (χ0n) is 17.2. The molecule has 0 spiro atoms. The van der Waals surface area contributed by atoms with E-state index in [1.807, 2.05) is 0 Å². The Bertz CT molecular complexity index is 728. The fraction of sp³-hybridized carbons (Fsp3) is 0.522. The van der Waals surface area contributed by atoms with E-state index >= 15 is 0 Å². The van der Waals surface area contributed by atoms with Crippen molar-refractivity contribution in [2.45, 2.75) is 52.4 Å². The first kappa shape index (κ1) is 18.9. The Labute approximate surface area is 158 Å². The highest BCUT2D eigenvalue weighted by atomic mass is 15.2. The highest BCUT2D eigenvalue weighted by Crippen LogP contribution is 2.33. The number of benzene rings is 1. The van der Waals surface area contributed by atoms with Gasteiger partial charge in [-0.3, -0.25) is 0 Å². The normalized spacial score (nSPS) is 16.0. The Morgan fingerprint density at radius 3 is 1.96 bits per heavy atom. The molecule has 2 heterocycles. The number of pyridine rings is 1. The number of aromatic nitrogens is 1. The molecule has 2 aromatic rings. The van der Waals surface area contributed by atoms with Gasteiger partial charge in [-0.15, -0.1) is 0 Å². The second kappa shape index (κ2) is 7.03. The molecule has 0 unspecified atom stereocenters. The van der Waals surface area contributed by atoms with Gasteiger partial charge in [0.2, 0.25) is 0 Å². The van der Waals surface area contributed by atoms with Crippen molar-refractivity contribution in [3.63, 3.8) is 0 Å². The molecule has 1 aliphatic heterocycles. The first-order valence-corrected chi connectivity index (χ1v) is 9.74. The fourth-order valence-corrected chi connectivity index (χ4v) is 3.30. The second-order valence-corrected chi connectivity index (χ2v) is 9.42. The van der Waals surface area contributed by atoms with Gasteiger partial charge < -0.3 is 10.2 Å². The molecule has 0 amide bonds.